The second-order valence-corrected chi connectivity index (χ2v) is 3.35. The SMILES string of the molecule is Nc1cccc(N2CCC2=O)c1Cl. The number of hydrogen-bond acceptors (Lipinski definition) is 2. The summed E-state index contributed by atoms with van der Waals surface area (Å²) in [5, 5.41) is 0.468. The maximum absolute atomic E-state index is 11.1. The fourth-order valence-electron chi connectivity index (χ4n) is 1.32. The van der Waals surface area contributed by atoms with E-state index in [1.54, 1.807) is 23.1 Å². The molecule has 3 nitrogen and oxygen atoms in total. The molecule has 1 fully saturated rings. The molecule has 1 aliphatic heterocycles. The second-order valence-electron chi connectivity index (χ2n) is 2.98. The molecule has 1 heterocycles. The lowest BCUT2D eigenvalue weighted by molar-refractivity contribution is -0.122. The molecule has 0 bridgehead atoms. The van der Waals surface area contributed by atoms with Gasteiger partial charge in [-0.3, -0.25) is 4.79 Å². The van der Waals surface area contributed by atoms with Gasteiger partial charge in [0.25, 0.3) is 0 Å². The number of β-lactam (4-membered cyclic amide) rings is 1. The highest BCUT2D eigenvalue weighted by atomic mass is 35.5. The van der Waals surface area contributed by atoms with Gasteiger partial charge in [-0.05, 0) is 12.1 Å². The van der Waals surface area contributed by atoms with Crippen LogP contribution in [0.15, 0.2) is 18.2 Å². The first-order chi connectivity index (χ1) is 6.20. The first-order valence-electron chi connectivity index (χ1n) is 4.04. The number of benzene rings is 1. The van der Waals surface area contributed by atoms with Crippen LogP contribution in [0.3, 0.4) is 0 Å². The average molecular weight is 197 g/mol. The van der Waals surface area contributed by atoms with Crippen molar-refractivity contribution < 1.29 is 4.79 Å². The van der Waals surface area contributed by atoms with Crippen molar-refractivity contribution in [2.45, 2.75) is 6.42 Å². The number of hydrogen-bond donors (Lipinski definition) is 1. The molecule has 0 aromatic heterocycles. The molecule has 1 aromatic rings. The molecular weight excluding hydrogens is 188 g/mol. The number of nitrogen functional groups attached to an aromatic ring is 1. The van der Waals surface area contributed by atoms with Crippen LogP contribution >= 0.6 is 11.6 Å². The van der Waals surface area contributed by atoms with Gasteiger partial charge in [0.15, 0.2) is 0 Å². The summed E-state index contributed by atoms with van der Waals surface area (Å²) in [6.07, 6.45) is 0.602. The van der Waals surface area contributed by atoms with E-state index in [-0.39, 0.29) is 5.91 Å². The van der Waals surface area contributed by atoms with Crippen LogP contribution in [0.4, 0.5) is 11.4 Å². The Bertz CT molecular complexity index is 365. The molecule has 0 aliphatic carbocycles. The van der Waals surface area contributed by atoms with E-state index in [4.69, 9.17) is 17.3 Å². The Morgan fingerprint density at radius 3 is 2.77 bits per heavy atom. The molecule has 2 rings (SSSR count). The third kappa shape index (κ3) is 1.25. The van der Waals surface area contributed by atoms with E-state index < -0.39 is 0 Å². The van der Waals surface area contributed by atoms with E-state index in [2.05, 4.69) is 0 Å². The minimum atomic E-state index is 0.104. The van der Waals surface area contributed by atoms with Crippen LogP contribution in [-0.2, 0) is 4.79 Å². The molecule has 68 valence electrons. The lowest BCUT2D eigenvalue weighted by Gasteiger charge is -2.31. The van der Waals surface area contributed by atoms with Gasteiger partial charge >= 0.3 is 0 Å². The van der Waals surface area contributed by atoms with Gasteiger partial charge in [-0.15, -0.1) is 0 Å². The maximum atomic E-state index is 11.1. The Morgan fingerprint density at radius 1 is 1.46 bits per heavy atom. The second kappa shape index (κ2) is 2.92. The van der Waals surface area contributed by atoms with Crippen molar-refractivity contribution in [1.82, 2.24) is 0 Å². The highest BCUT2D eigenvalue weighted by Gasteiger charge is 2.27. The number of carbonyl (C=O) groups excluding carboxylic acids is 1. The molecule has 13 heavy (non-hydrogen) atoms. The van der Waals surface area contributed by atoms with Crippen molar-refractivity contribution in [1.29, 1.82) is 0 Å². The standard InChI is InChI=1S/C9H9ClN2O/c10-9-6(11)2-1-3-7(9)12-5-4-8(12)13/h1-3H,4-5,11H2. The molecule has 1 aromatic carbocycles. The summed E-state index contributed by atoms with van der Waals surface area (Å²) < 4.78 is 0. The number of rotatable bonds is 1. The van der Waals surface area contributed by atoms with Crippen molar-refractivity contribution in [3.8, 4) is 0 Å². The number of halogens is 1. The predicted molar refractivity (Wildman–Crippen MR) is 52.8 cm³/mol. The number of carbonyl (C=O) groups is 1. The van der Waals surface area contributed by atoms with Crippen LogP contribution in [0.5, 0.6) is 0 Å². The van der Waals surface area contributed by atoms with Gasteiger partial charge in [-0.1, -0.05) is 17.7 Å². The molecule has 0 saturated carbocycles. The quantitative estimate of drug-likeness (QED) is 0.549. The smallest absolute Gasteiger partial charge is 0.228 e. The summed E-state index contributed by atoms with van der Waals surface area (Å²) in [6.45, 7) is 0.738. The van der Waals surface area contributed by atoms with Gasteiger partial charge in [0.05, 0.1) is 16.4 Å². The van der Waals surface area contributed by atoms with E-state index in [0.717, 1.165) is 12.2 Å². The van der Waals surface area contributed by atoms with Crippen molar-refractivity contribution in [2.24, 2.45) is 0 Å². The average Bonchev–Trinajstić information content (AvgIpc) is 2.10. The summed E-state index contributed by atoms with van der Waals surface area (Å²) in [4.78, 5) is 12.8. The number of nitrogens with two attached hydrogens (primary N) is 1. The minimum Gasteiger partial charge on any atom is -0.397 e. The molecule has 0 unspecified atom stereocenters. The van der Waals surface area contributed by atoms with Crippen molar-refractivity contribution in [2.75, 3.05) is 17.2 Å². The summed E-state index contributed by atoms with van der Waals surface area (Å²) in [5.41, 5.74) is 6.85. The molecular formula is C9H9ClN2O. The van der Waals surface area contributed by atoms with Crippen molar-refractivity contribution in [3.05, 3.63) is 23.2 Å². The largest absolute Gasteiger partial charge is 0.397 e. The number of amides is 1. The predicted octanol–water partition coefficient (Wildman–Crippen LogP) is 1.66. The number of anilines is 2. The summed E-state index contributed by atoms with van der Waals surface area (Å²) in [6, 6.07) is 5.31. The third-order valence-electron chi connectivity index (χ3n) is 2.15. The molecule has 2 N–H and O–H groups in total. The molecule has 4 heteroatoms. The van der Waals surface area contributed by atoms with Crippen LogP contribution < -0.4 is 10.6 Å². The van der Waals surface area contributed by atoms with Gasteiger partial charge < -0.3 is 10.6 Å². The summed E-state index contributed by atoms with van der Waals surface area (Å²) in [7, 11) is 0. The lowest BCUT2D eigenvalue weighted by atomic mass is 10.1. The van der Waals surface area contributed by atoms with E-state index in [1.165, 1.54) is 0 Å². The molecule has 1 aliphatic rings. The van der Waals surface area contributed by atoms with E-state index in [0.29, 0.717) is 17.1 Å². The van der Waals surface area contributed by atoms with Crippen LogP contribution in [-0.4, -0.2) is 12.5 Å². The molecule has 0 atom stereocenters. The molecule has 0 radical (unpaired) electrons. The number of nitrogens with zero attached hydrogens (tertiary/aromatic N) is 1. The van der Waals surface area contributed by atoms with E-state index in [1.807, 2.05) is 0 Å². The zero-order chi connectivity index (χ0) is 9.42. The van der Waals surface area contributed by atoms with E-state index in [9.17, 15) is 4.79 Å². The topological polar surface area (TPSA) is 46.3 Å². The van der Waals surface area contributed by atoms with Crippen LogP contribution in [0.1, 0.15) is 6.42 Å². The fraction of sp³-hybridized carbons (Fsp3) is 0.222. The zero-order valence-corrected chi connectivity index (χ0v) is 7.71. The van der Waals surface area contributed by atoms with Crippen molar-refractivity contribution in [3.63, 3.8) is 0 Å². The van der Waals surface area contributed by atoms with Crippen LogP contribution in [0, 0.1) is 0 Å². The Hall–Kier alpha value is -1.22. The van der Waals surface area contributed by atoms with Crippen molar-refractivity contribution >= 4 is 28.9 Å². The normalized spacial score (nSPS) is 15.8. The highest BCUT2D eigenvalue weighted by Crippen LogP contribution is 2.33. The summed E-state index contributed by atoms with van der Waals surface area (Å²) >= 11 is 5.95. The van der Waals surface area contributed by atoms with E-state index >= 15 is 0 Å². The van der Waals surface area contributed by atoms with Gasteiger partial charge in [-0.25, -0.2) is 0 Å². The zero-order valence-electron chi connectivity index (χ0n) is 6.96. The molecule has 0 spiro atoms. The Kier molecular flexibility index (Phi) is 1.88. The minimum absolute atomic E-state index is 0.104. The van der Waals surface area contributed by atoms with Crippen LogP contribution in [0.25, 0.3) is 0 Å². The monoisotopic (exact) mass is 196 g/mol. The first kappa shape index (κ1) is 8.38. The lowest BCUT2D eigenvalue weighted by Crippen LogP contribution is -2.43. The molecule has 1 saturated heterocycles. The Morgan fingerprint density at radius 2 is 2.23 bits per heavy atom. The van der Waals surface area contributed by atoms with Crippen LogP contribution in [0.2, 0.25) is 5.02 Å². The Labute approximate surface area is 81.1 Å². The highest BCUT2D eigenvalue weighted by molar-refractivity contribution is 6.36. The van der Waals surface area contributed by atoms with Gasteiger partial charge in [-0.2, -0.15) is 0 Å². The Balaban J connectivity index is 2.40. The maximum Gasteiger partial charge on any atom is 0.228 e. The summed E-state index contributed by atoms with van der Waals surface area (Å²) in [5.74, 6) is 0.104. The third-order valence-corrected chi connectivity index (χ3v) is 2.56. The van der Waals surface area contributed by atoms with Gasteiger partial charge in [0.2, 0.25) is 5.91 Å². The first-order valence-corrected chi connectivity index (χ1v) is 4.42. The van der Waals surface area contributed by atoms with Gasteiger partial charge in [0.1, 0.15) is 0 Å². The fourth-order valence-corrected chi connectivity index (χ4v) is 1.54. The van der Waals surface area contributed by atoms with Gasteiger partial charge in [0, 0.05) is 13.0 Å². The molecule has 1 amide bonds.